The molecule has 5 heteroatoms. The van der Waals surface area contributed by atoms with Crippen LogP contribution in [0, 0.1) is 0 Å². The molecule has 1 unspecified atom stereocenters. The molecule has 0 fully saturated rings. The van der Waals surface area contributed by atoms with Gasteiger partial charge < -0.3 is 15.0 Å². The van der Waals surface area contributed by atoms with Crippen LogP contribution in [0.1, 0.15) is 52.8 Å². The van der Waals surface area contributed by atoms with E-state index in [2.05, 4.69) is 49.8 Å². The summed E-state index contributed by atoms with van der Waals surface area (Å²) >= 11 is 0. The minimum Gasteiger partial charge on any atom is -0.383 e. The number of nitrogens with zero attached hydrogens (tertiary/aromatic N) is 3. The van der Waals surface area contributed by atoms with Gasteiger partial charge in [-0.2, -0.15) is 0 Å². The van der Waals surface area contributed by atoms with Gasteiger partial charge in [-0.3, -0.25) is 0 Å². The highest BCUT2D eigenvalue weighted by Gasteiger charge is 2.17. The highest BCUT2D eigenvalue weighted by Crippen LogP contribution is 2.22. The second-order valence-corrected chi connectivity index (χ2v) is 5.60. The van der Waals surface area contributed by atoms with Crippen LogP contribution in [0.5, 0.6) is 0 Å². The predicted octanol–water partition coefficient (Wildman–Crippen LogP) is 3.28. The lowest BCUT2D eigenvalue weighted by Gasteiger charge is -2.30. The average molecular weight is 294 g/mol. The summed E-state index contributed by atoms with van der Waals surface area (Å²) < 4.78 is 5.24. The lowest BCUT2D eigenvalue weighted by Crippen LogP contribution is -2.36. The molecule has 1 aromatic rings. The van der Waals surface area contributed by atoms with E-state index in [-0.39, 0.29) is 0 Å². The lowest BCUT2D eigenvalue weighted by molar-refractivity contribution is 0.203. The van der Waals surface area contributed by atoms with Crippen molar-refractivity contribution in [3.8, 4) is 0 Å². The number of aromatic nitrogens is 2. The molecular weight excluding hydrogens is 264 g/mol. The molecule has 1 N–H and O–H groups in total. The van der Waals surface area contributed by atoms with Crippen LogP contribution < -0.4 is 10.2 Å². The van der Waals surface area contributed by atoms with Crippen molar-refractivity contribution in [2.45, 2.75) is 53.0 Å². The van der Waals surface area contributed by atoms with Gasteiger partial charge in [0, 0.05) is 38.2 Å². The smallest absolute Gasteiger partial charge is 0.135 e. The third kappa shape index (κ3) is 5.16. The largest absolute Gasteiger partial charge is 0.383 e. The van der Waals surface area contributed by atoms with Crippen LogP contribution in [0.3, 0.4) is 0 Å². The van der Waals surface area contributed by atoms with Crippen molar-refractivity contribution in [1.29, 1.82) is 0 Å². The van der Waals surface area contributed by atoms with Gasteiger partial charge in [0.2, 0.25) is 0 Å². The van der Waals surface area contributed by atoms with Crippen molar-refractivity contribution < 1.29 is 4.74 Å². The van der Waals surface area contributed by atoms with E-state index in [1.807, 2.05) is 6.07 Å². The van der Waals surface area contributed by atoms with Crippen LogP contribution in [0.25, 0.3) is 0 Å². The molecule has 0 aliphatic rings. The Morgan fingerprint density at radius 2 is 1.95 bits per heavy atom. The Morgan fingerprint density at radius 3 is 2.48 bits per heavy atom. The van der Waals surface area contributed by atoms with Gasteiger partial charge in [0.1, 0.15) is 17.5 Å². The van der Waals surface area contributed by atoms with Crippen molar-refractivity contribution in [3.63, 3.8) is 0 Å². The molecule has 5 nitrogen and oxygen atoms in total. The number of ether oxygens (including phenoxy) is 1. The zero-order chi connectivity index (χ0) is 15.8. The van der Waals surface area contributed by atoms with E-state index < -0.39 is 0 Å². The number of hydrogen-bond acceptors (Lipinski definition) is 5. The van der Waals surface area contributed by atoms with Crippen LogP contribution in [0.4, 0.5) is 11.6 Å². The van der Waals surface area contributed by atoms with Gasteiger partial charge in [0.15, 0.2) is 0 Å². The Kier molecular flexibility index (Phi) is 7.43. The van der Waals surface area contributed by atoms with E-state index in [9.17, 15) is 0 Å². The summed E-state index contributed by atoms with van der Waals surface area (Å²) in [7, 11) is 1.73. The fourth-order valence-electron chi connectivity index (χ4n) is 2.10. The van der Waals surface area contributed by atoms with E-state index in [0.29, 0.717) is 18.6 Å². The maximum atomic E-state index is 5.24. The van der Waals surface area contributed by atoms with Crippen LogP contribution in [0.15, 0.2) is 6.07 Å². The summed E-state index contributed by atoms with van der Waals surface area (Å²) in [6.45, 7) is 13.1. The van der Waals surface area contributed by atoms with E-state index in [4.69, 9.17) is 9.72 Å². The van der Waals surface area contributed by atoms with Gasteiger partial charge in [0.25, 0.3) is 0 Å². The van der Waals surface area contributed by atoms with E-state index >= 15 is 0 Å². The summed E-state index contributed by atoms with van der Waals surface area (Å²) in [4.78, 5) is 11.7. The molecule has 0 bridgehead atoms. The van der Waals surface area contributed by atoms with Crippen LogP contribution >= 0.6 is 0 Å². The number of hydrogen-bond donors (Lipinski definition) is 1. The molecule has 0 radical (unpaired) electrons. The molecular formula is C16H30N4O. The standard InChI is InChI=1S/C16H30N4O/c1-7-13(5)20(9-10-21-6)15-11-14(17-8-2)18-16(19-15)12(3)4/h11-13H,7-10H2,1-6H3,(H,17,18,19). The zero-order valence-corrected chi connectivity index (χ0v) is 14.3. The van der Waals surface area contributed by atoms with Crippen molar-refractivity contribution in [2.75, 3.05) is 37.0 Å². The van der Waals surface area contributed by atoms with Gasteiger partial charge in [-0.25, -0.2) is 9.97 Å². The highest BCUT2D eigenvalue weighted by molar-refractivity contribution is 5.50. The van der Waals surface area contributed by atoms with Gasteiger partial charge in [0.05, 0.1) is 6.61 Å². The molecule has 0 spiro atoms. The quantitative estimate of drug-likeness (QED) is 0.757. The van der Waals surface area contributed by atoms with Gasteiger partial charge >= 0.3 is 0 Å². The van der Waals surface area contributed by atoms with E-state index in [0.717, 1.165) is 37.0 Å². The fraction of sp³-hybridized carbons (Fsp3) is 0.750. The van der Waals surface area contributed by atoms with E-state index in [1.54, 1.807) is 7.11 Å². The first-order valence-corrected chi connectivity index (χ1v) is 7.91. The molecule has 1 heterocycles. The summed E-state index contributed by atoms with van der Waals surface area (Å²) in [5.41, 5.74) is 0. The minimum atomic E-state index is 0.309. The maximum absolute atomic E-state index is 5.24. The summed E-state index contributed by atoms with van der Waals surface area (Å²) in [5.74, 6) is 3.07. The molecule has 0 saturated heterocycles. The number of anilines is 2. The molecule has 21 heavy (non-hydrogen) atoms. The molecule has 1 aromatic heterocycles. The Labute approximate surface area is 129 Å². The monoisotopic (exact) mass is 294 g/mol. The fourth-order valence-corrected chi connectivity index (χ4v) is 2.10. The predicted molar refractivity (Wildman–Crippen MR) is 89.3 cm³/mol. The van der Waals surface area contributed by atoms with Gasteiger partial charge in [-0.15, -0.1) is 0 Å². The minimum absolute atomic E-state index is 0.309. The summed E-state index contributed by atoms with van der Waals surface area (Å²) in [6, 6.07) is 2.46. The Hall–Kier alpha value is -1.36. The number of methoxy groups -OCH3 is 1. The maximum Gasteiger partial charge on any atom is 0.135 e. The third-order valence-electron chi connectivity index (χ3n) is 3.56. The topological polar surface area (TPSA) is 50.3 Å². The first-order chi connectivity index (χ1) is 10.0. The molecule has 0 aliphatic heterocycles. The number of rotatable bonds is 9. The van der Waals surface area contributed by atoms with Crippen molar-refractivity contribution in [3.05, 3.63) is 11.9 Å². The van der Waals surface area contributed by atoms with Gasteiger partial charge in [-0.1, -0.05) is 20.8 Å². The first kappa shape index (κ1) is 17.7. The molecule has 0 aliphatic carbocycles. The SMILES string of the molecule is CCNc1cc(N(CCOC)C(C)CC)nc(C(C)C)n1. The molecule has 1 atom stereocenters. The average Bonchev–Trinajstić information content (AvgIpc) is 2.47. The van der Waals surface area contributed by atoms with Crippen LogP contribution in [0.2, 0.25) is 0 Å². The third-order valence-corrected chi connectivity index (χ3v) is 3.56. The van der Waals surface area contributed by atoms with Crippen molar-refractivity contribution in [1.82, 2.24) is 9.97 Å². The second-order valence-electron chi connectivity index (χ2n) is 5.60. The van der Waals surface area contributed by atoms with Crippen molar-refractivity contribution in [2.24, 2.45) is 0 Å². The summed E-state index contributed by atoms with van der Waals surface area (Å²) in [5, 5.41) is 3.30. The Bertz CT molecular complexity index is 423. The first-order valence-electron chi connectivity index (χ1n) is 7.91. The van der Waals surface area contributed by atoms with E-state index in [1.165, 1.54) is 0 Å². The second kappa shape index (κ2) is 8.82. The Morgan fingerprint density at radius 1 is 1.24 bits per heavy atom. The highest BCUT2D eigenvalue weighted by atomic mass is 16.5. The zero-order valence-electron chi connectivity index (χ0n) is 14.3. The van der Waals surface area contributed by atoms with Crippen molar-refractivity contribution >= 4 is 11.6 Å². The van der Waals surface area contributed by atoms with Gasteiger partial charge in [-0.05, 0) is 20.3 Å². The lowest BCUT2D eigenvalue weighted by atomic mass is 10.2. The normalized spacial score (nSPS) is 12.5. The van der Waals surface area contributed by atoms with Crippen LogP contribution in [-0.4, -0.2) is 42.8 Å². The Balaban J connectivity index is 3.14. The molecule has 120 valence electrons. The number of nitrogens with one attached hydrogen (secondary N) is 1. The molecule has 0 amide bonds. The molecule has 0 saturated carbocycles. The van der Waals surface area contributed by atoms with Crippen LogP contribution in [-0.2, 0) is 4.74 Å². The molecule has 1 rings (SSSR count). The summed E-state index contributed by atoms with van der Waals surface area (Å²) in [6.07, 6.45) is 1.07. The molecule has 0 aromatic carbocycles.